The van der Waals surface area contributed by atoms with Crippen molar-refractivity contribution in [3.8, 4) is 0 Å². The van der Waals surface area contributed by atoms with E-state index in [0.717, 1.165) is 35.0 Å². The van der Waals surface area contributed by atoms with Gasteiger partial charge in [-0.2, -0.15) is 0 Å². The Hall–Kier alpha value is -3.18. The molecular weight excluding hydrogens is 374 g/mol. The van der Waals surface area contributed by atoms with Crippen molar-refractivity contribution in [2.45, 2.75) is 12.5 Å². The first-order valence-corrected chi connectivity index (χ1v) is 10.4. The van der Waals surface area contributed by atoms with Gasteiger partial charge in [-0.3, -0.25) is 9.59 Å². The van der Waals surface area contributed by atoms with Gasteiger partial charge in [-0.05, 0) is 28.9 Å². The van der Waals surface area contributed by atoms with Crippen LogP contribution in [0.4, 0.5) is 0 Å². The van der Waals surface area contributed by atoms with Crippen LogP contribution in [0.25, 0.3) is 10.8 Å². The summed E-state index contributed by atoms with van der Waals surface area (Å²) in [5, 5.41) is 5.02. The van der Waals surface area contributed by atoms with Crippen molar-refractivity contribution in [2.75, 3.05) is 33.2 Å². The van der Waals surface area contributed by atoms with E-state index in [1.54, 1.807) is 0 Å². The van der Waals surface area contributed by atoms with Crippen LogP contribution in [0, 0.1) is 0 Å². The molecule has 4 rings (SSSR count). The number of hydrogen-bond donors (Lipinski definition) is 1. The first kappa shape index (κ1) is 20.1. The van der Waals surface area contributed by atoms with Gasteiger partial charge in [-0.1, -0.05) is 72.8 Å². The Kier molecular flexibility index (Phi) is 6.10. The van der Waals surface area contributed by atoms with Gasteiger partial charge >= 0.3 is 0 Å². The zero-order valence-electron chi connectivity index (χ0n) is 17.3. The maximum absolute atomic E-state index is 13.0. The third-order valence-electron chi connectivity index (χ3n) is 5.76. The molecule has 0 bridgehead atoms. The van der Waals surface area contributed by atoms with Crippen molar-refractivity contribution in [3.63, 3.8) is 0 Å². The Labute approximate surface area is 177 Å². The normalized spacial score (nSPS) is 17.1. The molecular formula is C25H27N3O2. The average molecular weight is 402 g/mol. The van der Waals surface area contributed by atoms with Gasteiger partial charge in [0, 0.05) is 19.6 Å². The quantitative estimate of drug-likeness (QED) is 0.715. The van der Waals surface area contributed by atoms with Crippen molar-refractivity contribution in [2.24, 2.45) is 0 Å². The molecule has 2 amide bonds. The number of carbonyl (C=O) groups is 2. The Morgan fingerprint density at radius 1 is 0.933 bits per heavy atom. The number of carbonyl (C=O) groups excluding carboxylic acids is 2. The lowest BCUT2D eigenvalue weighted by atomic mass is 10.0. The van der Waals surface area contributed by atoms with Crippen LogP contribution >= 0.6 is 0 Å². The summed E-state index contributed by atoms with van der Waals surface area (Å²) >= 11 is 0. The molecule has 1 atom stereocenters. The second-order valence-corrected chi connectivity index (χ2v) is 7.87. The van der Waals surface area contributed by atoms with Crippen molar-refractivity contribution < 1.29 is 9.59 Å². The highest BCUT2D eigenvalue weighted by atomic mass is 16.2. The largest absolute Gasteiger partial charge is 0.347 e. The fourth-order valence-electron chi connectivity index (χ4n) is 4.14. The fraction of sp³-hybridized carbons (Fsp3) is 0.280. The van der Waals surface area contributed by atoms with Gasteiger partial charge in [0.05, 0.1) is 19.0 Å². The highest BCUT2D eigenvalue weighted by Crippen LogP contribution is 2.25. The van der Waals surface area contributed by atoms with Crippen molar-refractivity contribution in [3.05, 3.63) is 83.9 Å². The van der Waals surface area contributed by atoms with Crippen LogP contribution in [0.3, 0.4) is 0 Å². The first-order valence-electron chi connectivity index (χ1n) is 10.4. The summed E-state index contributed by atoms with van der Waals surface area (Å²) in [6.45, 7) is 2.31. The Morgan fingerprint density at radius 2 is 1.67 bits per heavy atom. The zero-order chi connectivity index (χ0) is 20.9. The Bertz CT molecular complexity index is 1030. The topological polar surface area (TPSA) is 52.6 Å². The molecule has 0 radical (unpaired) electrons. The van der Waals surface area contributed by atoms with Crippen molar-refractivity contribution in [1.82, 2.24) is 15.1 Å². The summed E-state index contributed by atoms with van der Waals surface area (Å²) in [6, 6.07) is 24.1. The van der Waals surface area contributed by atoms with Gasteiger partial charge in [-0.25, -0.2) is 0 Å². The summed E-state index contributed by atoms with van der Waals surface area (Å²) in [4.78, 5) is 29.6. The minimum Gasteiger partial charge on any atom is -0.347 e. The van der Waals surface area contributed by atoms with E-state index in [1.165, 1.54) is 0 Å². The average Bonchev–Trinajstić information content (AvgIpc) is 2.78. The maximum Gasteiger partial charge on any atom is 0.242 e. The van der Waals surface area contributed by atoms with E-state index >= 15 is 0 Å². The molecule has 0 unspecified atom stereocenters. The van der Waals surface area contributed by atoms with E-state index in [4.69, 9.17) is 0 Å². The SMILES string of the molecule is CN1CCN(C(=O)CNC(=O)Cc2cccc3ccccc23)[C@@H](c2ccccc2)C1. The second-order valence-electron chi connectivity index (χ2n) is 7.87. The molecule has 154 valence electrons. The molecule has 3 aromatic carbocycles. The summed E-state index contributed by atoms with van der Waals surface area (Å²) in [5.41, 5.74) is 2.10. The summed E-state index contributed by atoms with van der Waals surface area (Å²) < 4.78 is 0. The second kappa shape index (κ2) is 9.09. The number of hydrogen-bond acceptors (Lipinski definition) is 3. The standard InChI is InChI=1S/C25H27N3O2/c1-27-14-15-28(23(18-27)20-9-3-2-4-10-20)25(30)17-26-24(29)16-21-12-7-11-19-8-5-6-13-22(19)21/h2-13,23H,14-18H2,1H3,(H,26,29)/t23-/m1/s1. The van der Waals surface area contributed by atoms with Crippen molar-refractivity contribution in [1.29, 1.82) is 0 Å². The molecule has 1 heterocycles. The van der Waals surface area contributed by atoms with E-state index < -0.39 is 0 Å². The Morgan fingerprint density at radius 3 is 2.50 bits per heavy atom. The molecule has 1 fully saturated rings. The van der Waals surface area contributed by atoms with Gasteiger partial charge in [-0.15, -0.1) is 0 Å². The monoisotopic (exact) mass is 401 g/mol. The molecule has 5 heteroatoms. The zero-order valence-corrected chi connectivity index (χ0v) is 17.3. The number of likely N-dealkylation sites (N-methyl/N-ethyl adjacent to an activating group) is 1. The summed E-state index contributed by atoms with van der Waals surface area (Å²) in [5.74, 6) is -0.173. The molecule has 3 aromatic rings. The minimum absolute atomic E-state index is 0.00687. The van der Waals surface area contributed by atoms with Gasteiger partial charge in [0.15, 0.2) is 0 Å². The molecule has 5 nitrogen and oxygen atoms in total. The number of piperazine rings is 1. The van der Waals surface area contributed by atoms with Crippen molar-refractivity contribution >= 4 is 22.6 Å². The molecule has 0 aliphatic carbocycles. The van der Waals surface area contributed by atoms with Crippen LogP contribution in [0.2, 0.25) is 0 Å². The van der Waals surface area contributed by atoms with Gasteiger partial charge in [0.25, 0.3) is 0 Å². The number of amides is 2. The smallest absolute Gasteiger partial charge is 0.242 e. The maximum atomic E-state index is 13.0. The lowest BCUT2D eigenvalue weighted by molar-refractivity contribution is -0.137. The third-order valence-corrected chi connectivity index (χ3v) is 5.76. The predicted molar refractivity (Wildman–Crippen MR) is 119 cm³/mol. The molecule has 1 saturated heterocycles. The van der Waals surface area contributed by atoms with Crippen LogP contribution in [0.1, 0.15) is 17.2 Å². The number of nitrogens with zero attached hydrogens (tertiary/aromatic N) is 2. The van der Waals surface area contributed by atoms with Crippen LogP contribution in [0.15, 0.2) is 72.8 Å². The molecule has 1 aliphatic rings. The fourth-order valence-corrected chi connectivity index (χ4v) is 4.14. The van der Waals surface area contributed by atoms with E-state index in [1.807, 2.05) is 65.6 Å². The number of benzene rings is 3. The number of rotatable bonds is 5. The van der Waals surface area contributed by atoms with Gasteiger partial charge < -0.3 is 15.1 Å². The summed E-state index contributed by atoms with van der Waals surface area (Å²) in [6.07, 6.45) is 0.263. The molecule has 0 saturated carbocycles. The van der Waals surface area contributed by atoms with E-state index in [-0.39, 0.29) is 30.8 Å². The Balaban J connectivity index is 1.40. The lowest BCUT2D eigenvalue weighted by Gasteiger charge is -2.40. The lowest BCUT2D eigenvalue weighted by Crippen LogP contribution is -2.51. The summed E-state index contributed by atoms with van der Waals surface area (Å²) in [7, 11) is 2.07. The highest BCUT2D eigenvalue weighted by molar-refractivity contribution is 5.91. The van der Waals surface area contributed by atoms with E-state index in [2.05, 4.69) is 29.4 Å². The predicted octanol–water partition coefficient (Wildman–Crippen LogP) is 3.01. The number of fused-ring (bicyclic) bond motifs is 1. The van der Waals surface area contributed by atoms with Crippen LogP contribution in [-0.4, -0.2) is 54.8 Å². The van der Waals surface area contributed by atoms with Gasteiger partial charge in [0.2, 0.25) is 11.8 Å². The third kappa shape index (κ3) is 4.52. The molecule has 30 heavy (non-hydrogen) atoms. The first-order chi connectivity index (χ1) is 14.6. The highest BCUT2D eigenvalue weighted by Gasteiger charge is 2.30. The molecule has 0 aromatic heterocycles. The van der Waals surface area contributed by atoms with Crippen LogP contribution < -0.4 is 5.32 Å². The van der Waals surface area contributed by atoms with E-state index in [0.29, 0.717) is 6.54 Å². The molecule has 1 N–H and O–H groups in total. The van der Waals surface area contributed by atoms with Crippen LogP contribution in [-0.2, 0) is 16.0 Å². The molecule has 0 spiro atoms. The van der Waals surface area contributed by atoms with Gasteiger partial charge in [0.1, 0.15) is 0 Å². The number of nitrogens with one attached hydrogen (secondary N) is 1. The van der Waals surface area contributed by atoms with E-state index in [9.17, 15) is 9.59 Å². The van der Waals surface area contributed by atoms with Crippen LogP contribution in [0.5, 0.6) is 0 Å². The minimum atomic E-state index is -0.134. The molecule has 1 aliphatic heterocycles.